The van der Waals surface area contributed by atoms with Gasteiger partial charge in [-0.15, -0.1) is 0 Å². The summed E-state index contributed by atoms with van der Waals surface area (Å²) in [6.45, 7) is 3.51. The van der Waals surface area contributed by atoms with Crippen molar-refractivity contribution in [3.63, 3.8) is 0 Å². The number of carbonyl (C=O) groups is 1. The third kappa shape index (κ3) is 5.98. The Bertz CT molecular complexity index is 1560. The average Bonchev–Trinajstić information content (AvgIpc) is 3.05. The van der Waals surface area contributed by atoms with Crippen LogP contribution in [-0.2, 0) is 27.7 Å². The maximum absolute atomic E-state index is 13.5. The molecule has 216 valence electrons. The van der Waals surface area contributed by atoms with Crippen LogP contribution in [0.15, 0.2) is 114 Å². The Morgan fingerprint density at radius 2 is 1.29 bits per heavy atom. The Hall–Kier alpha value is -3.94. The lowest BCUT2D eigenvalue weighted by Crippen LogP contribution is -2.49. The third-order valence-electron chi connectivity index (χ3n) is 8.47. The molecule has 6 rings (SSSR count). The van der Waals surface area contributed by atoms with E-state index >= 15 is 0 Å². The monoisotopic (exact) mass is 579 g/mol. The summed E-state index contributed by atoms with van der Waals surface area (Å²) in [6.07, 6.45) is 2.70. The fourth-order valence-corrected chi connectivity index (χ4v) is 7.77. The second kappa shape index (κ2) is 12.5. The molecule has 0 bridgehead atoms. The van der Waals surface area contributed by atoms with E-state index in [1.54, 1.807) is 12.1 Å². The standard InChI is InChI=1S/C35H37N3O3S/c39-34(36-24-26-37(27-25-36)35(30-11-3-1-4-12-30)31-13-5-2-6-14-31)22-19-28-17-20-32(21-18-28)42(40,41)38-23-9-15-29-10-7-8-16-33(29)38/h1-8,10-14,16-18,20-21,35H,9,15,19,22-27H2. The summed E-state index contributed by atoms with van der Waals surface area (Å²) in [5.74, 6) is 0.146. The largest absolute Gasteiger partial charge is 0.340 e. The molecule has 0 aromatic heterocycles. The first kappa shape index (κ1) is 28.2. The van der Waals surface area contributed by atoms with Crippen LogP contribution in [-0.4, -0.2) is 56.8 Å². The molecular formula is C35H37N3O3S. The van der Waals surface area contributed by atoms with Gasteiger partial charge in [0.05, 0.1) is 16.6 Å². The molecule has 0 radical (unpaired) electrons. The van der Waals surface area contributed by atoms with Gasteiger partial charge in [0.2, 0.25) is 5.91 Å². The molecule has 0 atom stereocenters. The van der Waals surface area contributed by atoms with Gasteiger partial charge in [0.15, 0.2) is 0 Å². The van der Waals surface area contributed by atoms with Crippen molar-refractivity contribution < 1.29 is 13.2 Å². The van der Waals surface area contributed by atoms with Gasteiger partial charge in [0, 0.05) is 39.1 Å². The number of hydrogen-bond acceptors (Lipinski definition) is 4. The second-order valence-electron chi connectivity index (χ2n) is 11.1. The van der Waals surface area contributed by atoms with Crippen molar-refractivity contribution in [3.8, 4) is 0 Å². The highest BCUT2D eigenvalue weighted by atomic mass is 32.2. The van der Waals surface area contributed by atoms with E-state index in [-0.39, 0.29) is 16.8 Å². The van der Waals surface area contributed by atoms with Crippen molar-refractivity contribution in [1.82, 2.24) is 9.80 Å². The number of hydrogen-bond donors (Lipinski definition) is 0. The van der Waals surface area contributed by atoms with E-state index in [0.717, 1.165) is 42.7 Å². The summed E-state index contributed by atoms with van der Waals surface area (Å²) in [6, 6.07) is 36.1. The average molecular weight is 580 g/mol. The fraction of sp³-hybridized carbons (Fsp3) is 0.286. The molecule has 0 unspecified atom stereocenters. The number of sulfonamides is 1. The van der Waals surface area contributed by atoms with Gasteiger partial charge in [-0.25, -0.2) is 8.42 Å². The second-order valence-corrected chi connectivity index (χ2v) is 13.0. The Kier molecular flexibility index (Phi) is 8.40. The number of benzene rings is 4. The number of fused-ring (bicyclic) bond motifs is 1. The van der Waals surface area contributed by atoms with Crippen LogP contribution in [0, 0.1) is 0 Å². The molecule has 4 aromatic carbocycles. The van der Waals surface area contributed by atoms with Gasteiger partial charge in [-0.3, -0.25) is 14.0 Å². The maximum atomic E-state index is 13.5. The van der Waals surface area contributed by atoms with Crippen molar-refractivity contribution in [3.05, 3.63) is 131 Å². The quantitative estimate of drug-likeness (QED) is 0.269. The van der Waals surface area contributed by atoms with Crippen molar-refractivity contribution in [1.29, 1.82) is 0 Å². The smallest absolute Gasteiger partial charge is 0.264 e. The lowest BCUT2D eigenvalue weighted by molar-refractivity contribution is -0.133. The number of anilines is 1. The van der Waals surface area contributed by atoms with E-state index in [9.17, 15) is 13.2 Å². The minimum absolute atomic E-state index is 0.146. The van der Waals surface area contributed by atoms with E-state index in [1.165, 1.54) is 15.4 Å². The highest BCUT2D eigenvalue weighted by molar-refractivity contribution is 7.92. The van der Waals surface area contributed by atoms with Gasteiger partial charge < -0.3 is 4.90 Å². The molecule has 0 spiro atoms. The minimum Gasteiger partial charge on any atom is -0.340 e. The summed E-state index contributed by atoms with van der Waals surface area (Å²) in [5.41, 5.74) is 5.33. The molecule has 0 saturated carbocycles. The predicted octanol–water partition coefficient (Wildman–Crippen LogP) is 5.69. The van der Waals surface area contributed by atoms with Crippen LogP contribution in [0.5, 0.6) is 0 Å². The zero-order chi connectivity index (χ0) is 28.9. The van der Waals surface area contributed by atoms with E-state index < -0.39 is 10.0 Å². The maximum Gasteiger partial charge on any atom is 0.264 e. The van der Waals surface area contributed by atoms with Crippen LogP contribution in [0.25, 0.3) is 0 Å². The summed E-state index contributed by atoms with van der Waals surface area (Å²) < 4.78 is 28.4. The van der Waals surface area contributed by atoms with Crippen molar-refractivity contribution in [2.24, 2.45) is 0 Å². The van der Waals surface area contributed by atoms with Crippen LogP contribution in [0.2, 0.25) is 0 Å². The Morgan fingerprint density at radius 1 is 0.690 bits per heavy atom. The van der Waals surface area contributed by atoms with Crippen LogP contribution < -0.4 is 4.31 Å². The lowest BCUT2D eigenvalue weighted by Gasteiger charge is -2.40. The van der Waals surface area contributed by atoms with Crippen molar-refractivity contribution in [2.45, 2.75) is 36.6 Å². The SMILES string of the molecule is O=C(CCc1ccc(S(=O)(=O)N2CCCc3ccccc32)cc1)N1CCN(C(c2ccccc2)c2ccccc2)CC1. The molecule has 1 amide bonds. The molecule has 2 aliphatic heterocycles. The third-order valence-corrected chi connectivity index (χ3v) is 10.3. The zero-order valence-electron chi connectivity index (χ0n) is 23.8. The molecule has 0 N–H and O–H groups in total. The van der Waals surface area contributed by atoms with Gasteiger partial charge in [-0.05, 0) is 59.7 Å². The van der Waals surface area contributed by atoms with Crippen LogP contribution in [0.3, 0.4) is 0 Å². The first-order valence-corrected chi connectivity index (χ1v) is 16.3. The fourth-order valence-electron chi connectivity index (χ4n) is 6.23. The van der Waals surface area contributed by atoms with Gasteiger partial charge in [-0.2, -0.15) is 0 Å². The summed E-state index contributed by atoms with van der Waals surface area (Å²) in [5, 5.41) is 0. The van der Waals surface area contributed by atoms with E-state index in [4.69, 9.17) is 0 Å². The first-order chi connectivity index (χ1) is 20.5. The summed E-state index contributed by atoms with van der Waals surface area (Å²) in [7, 11) is -3.64. The highest BCUT2D eigenvalue weighted by Crippen LogP contribution is 2.32. The predicted molar refractivity (Wildman–Crippen MR) is 167 cm³/mol. The van der Waals surface area contributed by atoms with Crippen molar-refractivity contribution >= 4 is 21.6 Å². The van der Waals surface area contributed by atoms with Crippen LogP contribution in [0.1, 0.15) is 41.1 Å². The van der Waals surface area contributed by atoms with Gasteiger partial charge in [0.25, 0.3) is 10.0 Å². The summed E-state index contributed by atoms with van der Waals surface area (Å²) >= 11 is 0. The van der Waals surface area contributed by atoms with Crippen LogP contribution in [0.4, 0.5) is 5.69 Å². The van der Waals surface area contributed by atoms with Gasteiger partial charge >= 0.3 is 0 Å². The van der Waals surface area contributed by atoms with Gasteiger partial charge in [-0.1, -0.05) is 91.0 Å². The lowest BCUT2D eigenvalue weighted by atomic mass is 9.96. The Morgan fingerprint density at radius 3 is 1.93 bits per heavy atom. The van der Waals surface area contributed by atoms with E-state index in [2.05, 4.69) is 53.4 Å². The van der Waals surface area contributed by atoms with Gasteiger partial charge in [0.1, 0.15) is 0 Å². The minimum atomic E-state index is -3.64. The van der Waals surface area contributed by atoms with E-state index in [1.807, 2.05) is 53.4 Å². The molecule has 7 heteroatoms. The van der Waals surface area contributed by atoms with Crippen LogP contribution >= 0.6 is 0 Å². The number of piperazine rings is 1. The number of carbonyl (C=O) groups excluding carboxylic acids is 1. The molecule has 4 aromatic rings. The molecule has 0 aliphatic carbocycles. The molecular weight excluding hydrogens is 542 g/mol. The Labute approximate surface area is 249 Å². The molecule has 6 nitrogen and oxygen atoms in total. The molecule has 42 heavy (non-hydrogen) atoms. The van der Waals surface area contributed by atoms with Crippen molar-refractivity contribution in [2.75, 3.05) is 37.0 Å². The topological polar surface area (TPSA) is 60.9 Å². The zero-order valence-corrected chi connectivity index (χ0v) is 24.6. The summed E-state index contributed by atoms with van der Waals surface area (Å²) in [4.78, 5) is 17.9. The number of nitrogens with zero attached hydrogens (tertiary/aromatic N) is 3. The molecule has 1 saturated heterocycles. The number of aryl methyl sites for hydroxylation is 2. The number of para-hydroxylation sites is 1. The molecule has 1 fully saturated rings. The first-order valence-electron chi connectivity index (χ1n) is 14.8. The van der Waals surface area contributed by atoms with E-state index in [0.29, 0.717) is 32.5 Å². The number of rotatable bonds is 8. The molecule has 2 heterocycles. The highest BCUT2D eigenvalue weighted by Gasteiger charge is 2.30. The molecule has 2 aliphatic rings. The normalized spacial score (nSPS) is 15.9. The number of amides is 1. The Balaban J connectivity index is 1.05.